The Kier molecular flexibility index (Phi) is 8.35. The Morgan fingerprint density at radius 1 is 1.06 bits per heavy atom. The average molecular weight is 508 g/mol. The maximum Gasteiger partial charge on any atom is 0.416 e. The lowest BCUT2D eigenvalue weighted by atomic mass is 9.61. The molecule has 2 heterocycles. The highest BCUT2D eigenvalue weighted by Gasteiger charge is 2.46. The molecular weight excluding hydrogens is 471 g/mol. The van der Waals surface area contributed by atoms with E-state index in [0.29, 0.717) is 18.9 Å². The van der Waals surface area contributed by atoms with Gasteiger partial charge >= 0.3 is 6.18 Å². The van der Waals surface area contributed by atoms with Crippen LogP contribution in [-0.2, 0) is 11.6 Å². The lowest BCUT2D eigenvalue weighted by Crippen LogP contribution is -2.52. The summed E-state index contributed by atoms with van der Waals surface area (Å²) in [6.45, 7) is 6.99. The van der Waals surface area contributed by atoms with Gasteiger partial charge in [0.05, 0.1) is 18.3 Å². The summed E-state index contributed by atoms with van der Waals surface area (Å²) >= 11 is 0. The second-order valence-corrected chi connectivity index (χ2v) is 9.69. The fourth-order valence-corrected chi connectivity index (χ4v) is 5.40. The fraction of sp³-hybridized carbons (Fsp3) is 0.571. The van der Waals surface area contributed by atoms with Gasteiger partial charge in [0, 0.05) is 24.4 Å². The monoisotopic (exact) mass is 507 g/mol. The highest BCUT2D eigenvalue weighted by atomic mass is 19.4. The number of alkyl halides is 3. The number of benzene rings is 2. The third kappa shape index (κ3) is 5.75. The Hall–Kier alpha value is -2.45. The van der Waals surface area contributed by atoms with Gasteiger partial charge in [-0.25, -0.2) is 0 Å². The van der Waals surface area contributed by atoms with Gasteiger partial charge in [0.1, 0.15) is 5.75 Å². The number of piperidine rings is 1. The molecule has 2 unspecified atom stereocenters. The van der Waals surface area contributed by atoms with Crippen molar-refractivity contribution >= 4 is 0 Å². The highest BCUT2D eigenvalue weighted by Crippen LogP contribution is 2.49. The summed E-state index contributed by atoms with van der Waals surface area (Å²) in [7, 11) is 0. The topological polar surface area (TPSA) is 51.2 Å². The van der Waals surface area contributed by atoms with E-state index in [9.17, 15) is 18.3 Å². The van der Waals surface area contributed by atoms with E-state index in [1.54, 1.807) is 0 Å². The number of hydrogen-bond donors (Lipinski definition) is 1. The Morgan fingerprint density at radius 3 is 2.44 bits per heavy atom. The Morgan fingerprint density at radius 2 is 1.78 bits per heavy atom. The van der Waals surface area contributed by atoms with Crippen molar-refractivity contribution in [2.24, 2.45) is 5.92 Å². The predicted molar refractivity (Wildman–Crippen MR) is 132 cm³/mol. The van der Waals surface area contributed by atoms with Gasteiger partial charge in [-0.2, -0.15) is 13.2 Å². The summed E-state index contributed by atoms with van der Waals surface area (Å²) in [5.74, 6) is 2.21. The number of likely N-dealkylation sites (tertiary alicyclic amines) is 1. The van der Waals surface area contributed by atoms with Crippen LogP contribution < -0.4 is 14.2 Å². The van der Waals surface area contributed by atoms with Crippen LogP contribution in [0.5, 0.6) is 17.2 Å². The number of aliphatic hydroxyl groups excluding tert-OH is 1. The van der Waals surface area contributed by atoms with E-state index in [2.05, 4.69) is 4.90 Å². The van der Waals surface area contributed by atoms with E-state index in [4.69, 9.17) is 14.2 Å². The van der Waals surface area contributed by atoms with Crippen LogP contribution in [0.4, 0.5) is 13.2 Å². The van der Waals surface area contributed by atoms with Crippen LogP contribution in [0.25, 0.3) is 0 Å². The molecule has 1 N–H and O–H groups in total. The van der Waals surface area contributed by atoms with E-state index in [0.717, 1.165) is 74.4 Å². The molecule has 2 aliphatic heterocycles. The van der Waals surface area contributed by atoms with Crippen molar-refractivity contribution in [2.45, 2.75) is 63.6 Å². The molecule has 36 heavy (non-hydrogen) atoms. The Bertz CT molecular complexity index is 991. The average Bonchev–Trinajstić information content (AvgIpc) is 3.31. The first-order chi connectivity index (χ1) is 17.3. The first-order valence-electron chi connectivity index (χ1n) is 12.9. The SMILES string of the molecule is CC.OC(CN1CCCC(COc2ccc(C(F)(F)F)cc2)C1)C1(c2ccc3c(c2)OCO3)CCC1. The van der Waals surface area contributed by atoms with Crippen molar-refractivity contribution in [3.05, 3.63) is 53.6 Å². The predicted octanol–water partition coefficient (Wildman–Crippen LogP) is 6.03. The van der Waals surface area contributed by atoms with Crippen LogP contribution in [-0.4, -0.2) is 49.1 Å². The second kappa shape index (κ2) is 11.3. The van der Waals surface area contributed by atoms with Crippen molar-refractivity contribution < 1.29 is 32.5 Å². The van der Waals surface area contributed by atoms with Crippen LogP contribution in [0, 0.1) is 5.92 Å². The number of rotatable bonds is 7. The summed E-state index contributed by atoms with van der Waals surface area (Å²) in [5, 5.41) is 11.3. The standard InChI is InChI=1S/C26H30F3NO4.C2H6/c27-26(28,29)19-4-7-21(8-5-19)32-16-18-3-1-12-30(14-18)15-24(31)25(10-2-11-25)20-6-9-22-23(13-20)34-17-33-22;1-2/h4-9,13,18,24,31H,1-3,10-12,14-17H2;1-2H3. The molecule has 198 valence electrons. The first-order valence-corrected chi connectivity index (χ1v) is 12.9. The molecule has 0 amide bonds. The summed E-state index contributed by atoms with van der Waals surface area (Å²) in [6.07, 6.45) is 0.155. The molecule has 5 nitrogen and oxygen atoms in total. The second-order valence-electron chi connectivity index (χ2n) is 9.69. The zero-order valence-electron chi connectivity index (χ0n) is 21.0. The number of nitrogens with zero attached hydrogens (tertiary/aromatic N) is 1. The van der Waals surface area contributed by atoms with Gasteiger partial charge in [-0.1, -0.05) is 26.3 Å². The molecule has 0 aromatic heterocycles. The minimum atomic E-state index is -4.35. The number of fused-ring (bicyclic) bond motifs is 1. The molecule has 3 aliphatic rings. The van der Waals surface area contributed by atoms with Crippen molar-refractivity contribution in [3.63, 3.8) is 0 Å². The van der Waals surface area contributed by atoms with E-state index < -0.39 is 17.8 Å². The first kappa shape index (κ1) is 26.6. The molecule has 5 rings (SSSR count). The molecular formula is C28H36F3NO4. The van der Waals surface area contributed by atoms with Gasteiger partial charge in [0.15, 0.2) is 11.5 Å². The molecule has 2 aromatic carbocycles. The van der Waals surface area contributed by atoms with Crippen LogP contribution >= 0.6 is 0 Å². The van der Waals surface area contributed by atoms with Gasteiger partial charge in [0.25, 0.3) is 0 Å². The molecule has 0 bridgehead atoms. The number of aliphatic hydroxyl groups is 1. The van der Waals surface area contributed by atoms with E-state index in [-0.39, 0.29) is 18.1 Å². The molecule has 2 atom stereocenters. The zero-order valence-corrected chi connectivity index (χ0v) is 21.0. The zero-order chi connectivity index (χ0) is 25.8. The van der Waals surface area contributed by atoms with Crippen LogP contribution in [0.1, 0.15) is 57.1 Å². The van der Waals surface area contributed by atoms with Crippen molar-refractivity contribution in [1.82, 2.24) is 4.90 Å². The minimum Gasteiger partial charge on any atom is -0.493 e. The summed E-state index contributed by atoms with van der Waals surface area (Å²) in [6, 6.07) is 10.8. The molecule has 0 radical (unpaired) electrons. The van der Waals surface area contributed by atoms with Crippen LogP contribution in [0.15, 0.2) is 42.5 Å². The Balaban J connectivity index is 0.00000148. The van der Waals surface area contributed by atoms with E-state index >= 15 is 0 Å². The maximum atomic E-state index is 12.7. The maximum absolute atomic E-state index is 12.7. The van der Waals surface area contributed by atoms with Crippen molar-refractivity contribution in [3.8, 4) is 17.2 Å². The van der Waals surface area contributed by atoms with Gasteiger partial charge in [-0.15, -0.1) is 0 Å². The fourth-order valence-electron chi connectivity index (χ4n) is 5.40. The van der Waals surface area contributed by atoms with Crippen LogP contribution in [0.3, 0.4) is 0 Å². The smallest absolute Gasteiger partial charge is 0.416 e. The number of halogens is 3. The van der Waals surface area contributed by atoms with Crippen molar-refractivity contribution in [1.29, 1.82) is 0 Å². The van der Waals surface area contributed by atoms with Gasteiger partial charge < -0.3 is 24.2 Å². The largest absolute Gasteiger partial charge is 0.493 e. The highest BCUT2D eigenvalue weighted by molar-refractivity contribution is 5.47. The summed E-state index contributed by atoms with van der Waals surface area (Å²) in [5.41, 5.74) is 0.171. The summed E-state index contributed by atoms with van der Waals surface area (Å²) in [4.78, 5) is 2.29. The Labute approximate surface area is 211 Å². The molecule has 1 saturated carbocycles. The molecule has 2 aromatic rings. The lowest BCUT2D eigenvalue weighted by molar-refractivity contribution is -0.137. The molecule has 2 fully saturated rings. The third-order valence-corrected chi connectivity index (χ3v) is 7.53. The van der Waals surface area contributed by atoms with Crippen molar-refractivity contribution in [2.75, 3.05) is 33.0 Å². The summed E-state index contributed by atoms with van der Waals surface area (Å²) < 4.78 is 55.0. The van der Waals surface area contributed by atoms with E-state index in [1.165, 1.54) is 12.1 Å². The number of hydrogen-bond acceptors (Lipinski definition) is 5. The van der Waals surface area contributed by atoms with Gasteiger partial charge in [-0.3, -0.25) is 0 Å². The molecule has 8 heteroatoms. The molecule has 0 spiro atoms. The molecule has 1 aliphatic carbocycles. The van der Waals surface area contributed by atoms with E-state index in [1.807, 2.05) is 32.0 Å². The van der Waals surface area contributed by atoms with Gasteiger partial charge in [0.2, 0.25) is 6.79 Å². The number of β-amino-alcohol motifs (C(OH)–C–C–N with tert-alkyl or cyclic N) is 1. The quantitative estimate of drug-likeness (QED) is 0.496. The van der Waals surface area contributed by atoms with Gasteiger partial charge in [-0.05, 0) is 74.2 Å². The minimum absolute atomic E-state index is 0.234. The number of ether oxygens (including phenoxy) is 3. The molecule has 1 saturated heterocycles. The normalized spacial score (nSPS) is 21.7. The lowest BCUT2D eigenvalue weighted by Gasteiger charge is -2.48. The van der Waals surface area contributed by atoms with Crippen LogP contribution in [0.2, 0.25) is 0 Å². The third-order valence-electron chi connectivity index (χ3n) is 7.53.